The van der Waals surface area contributed by atoms with Crippen LogP contribution >= 0.6 is 0 Å². The maximum Gasteiger partial charge on any atom is 2.00 e. The third kappa shape index (κ3) is 44.6. The quantitative estimate of drug-likeness (QED) is 0.0955. The molecule has 0 amide bonds. The van der Waals surface area contributed by atoms with Gasteiger partial charge in [-0.25, -0.2) is 0 Å². The Balaban J connectivity index is -0.000000573. The molecule has 216 valence electrons. The van der Waals surface area contributed by atoms with Crippen LogP contribution < -0.4 is 9.33 Å². The molecule has 0 unspecified atom stereocenters. The standard InChI is InChI=1S/C16H32O2.C13H27.2Co.2O/c1-2-3-4-5-6-7-8-9-10-11-12-13-14-15-16(17)18;1-3-5-7-9-11-13-12-10-8-6-4-2;;;;/h2-15H2,1H3,(H,17,18);1,3-13H2,2H3;;;;/q;;;+2;;-1/p-1. The van der Waals surface area contributed by atoms with Gasteiger partial charge in [0.15, 0.2) is 0 Å². The van der Waals surface area contributed by atoms with Gasteiger partial charge >= 0.3 is 115 Å². The van der Waals surface area contributed by atoms with E-state index in [9.17, 15) is 18.0 Å². The molecule has 0 spiro atoms. The first-order valence-corrected chi connectivity index (χ1v) is 16.3. The number of carbonyl (C=O) groups excluding carboxylic acids is 1. The number of carbonyl (C=O) groups is 1. The largest absolute Gasteiger partial charge is 2.00 e. The zero-order chi connectivity index (χ0) is 25.5. The SMILES string of the molecule is CCCCCCCCCCCCCCCC(=O)[O-].CCCCCCCCCCCC[CH2][Co](=[O])[O-].[Co+2]. The van der Waals surface area contributed by atoms with E-state index >= 15 is 0 Å². The normalized spacial score (nSPS) is 10.9. The topological polar surface area (TPSA) is 80.3 Å². The smallest absolute Gasteiger partial charge is 2.00 e. The summed E-state index contributed by atoms with van der Waals surface area (Å²) in [5.74, 6) is -0.905. The van der Waals surface area contributed by atoms with Crippen LogP contribution in [0.5, 0.6) is 0 Å². The van der Waals surface area contributed by atoms with Gasteiger partial charge in [0, 0.05) is 5.97 Å². The Morgan fingerprint density at radius 1 is 0.514 bits per heavy atom. The van der Waals surface area contributed by atoms with Crippen molar-refractivity contribution in [1.29, 1.82) is 0 Å². The number of aliphatic carboxylic acids is 1. The number of rotatable bonds is 26. The third-order valence-electron chi connectivity index (χ3n) is 6.34. The minimum absolute atomic E-state index is 0. The fraction of sp³-hybridized carbons (Fsp3) is 0.966. The molecule has 0 heterocycles. The molecule has 35 heavy (non-hydrogen) atoms. The van der Waals surface area contributed by atoms with Crippen LogP contribution in [0.1, 0.15) is 174 Å². The average Bonchev–Trinajstić information content (AvgIpc) is 2.80. The van der Waals surface area contributed by atoms with Crippen molar-refractivity contribution in [1.82, 2.24) is 0 Å². The van der Waals surface area contributed by atoms with E-state index in [1.807, 2.05) is 0 Å². The summed E-state index contributed by atoms with van der Waals surface area (Å²) in [7, 11) is 0. The Morgan fingerprint density at radius 2 is 0.771 bits per heavy atom. The van der Waals surface area contributed by atoms with Gasteiger partial charge in [-0.3, -0.25) is 0 Å². The molecule has 0 aromatic heterocycles. The van der Waals surface area contributed by atoms with Crippen LogP contribution in [0.15, 0.2) is 0 Å². The minimum atomic E-state index is -2.12. The van der Waals surface area contributed by atoms with Crippen molar-refractivity contribution < 1.29 is 48.7 Å². The zero-order valence-corrected chi connectivity index (χ0v) is 25.3. The minimum Gasteiger partial charge on any atom is 2.00 e. The second-order valence-electron chi connectivity index (χ2n) is 9.81. The van der Waals surface area contributed by atoms with Gasteiger partial charge in [-0.1, -0.05) is 90.9 Å². The van der Waals surface area contributed by atoms with Crippen molar-refractivity contribution in [2.45, 2.75) is 180 Å². The molecule has 0 saturated carbocycles. The van der Waals surface area contributed by atoms with E-state index in [1.165, 1.54) is 128 Å². The summed E-state index contributed by atoms with van der Waals surface area (Å²) >= 11 is -2.12. The molecule has 0 aromatic carbocycles. The Kier molecular flexibility index (Phi) is 41.3. The predicted octanol–water partition coefficient (Wildman–Crippen LogP) is 8.17. The van der Waals surface area contributed by atoms with Crippen LogP contribution in [0.2, 0.25) is 5.36 Å². The number of hydrogen-bond donors (Lipinski definition) is 0. The Hall–Kier alpha value is 0.243. The summed E-state index contributed by atoms with van der Waals surface area (Å²) in [6, 6.07) is 0. The number of carboxylic acids is 1. The third-order valence-corrected chi connectivity index (χ3v) is 7.14. The van der Waals surface area contributed by atoms with E-state index in [1.54, 1.807) is 0 Å². The molecule has 4 nitrogen and oxygen atoms in total. The molecular formula is C29H58Co2O4. The van der Waals surface area contributed by atoms with Crippen LogP contribution in [0, 0.1) is 0 Å². The van der Waals surface area contributed by atoms with Crippen molar-refractivity contribution >= 4 is 5.97 Å². The molecule has 0 saturated heterocycles. The fourth-order valence-electron chi connectivity index (χ4n) is 4.13. The molecule has 0 atom stereocenters. The van der Waals surface area contributed by atoms with Crippen molar-refractivity contribution in [2.75, 3.05) is 0 Å². The van der Waals surface area contributed by atoms with Crippen LogP contribution in [0.3, 0.4) is 0 Å². The first-order valence-electron chi connectivity index (χ1n) is 14.7. The Morgan fingerprint density at radius 3 is 1.03 bits per heavy atom. The van der Waals surface area contributed by atoms with E-state index in [0.717, 1.165) is 25.7 Å². The molecule has 0 fully saturated rings. The monoisotopic (exact) mass is 588 g/mol. The summed E-state index contributed by atoms with van der Waals surface area (Å²) in [5.41, 5.74) is 0. The number of unbranched alkanes of at least 4 members (excludes halogenated alkanes) is 22. The van der Waals surface area contributed by atoms with Gasteiger partial charge in [-0.05, 0) is 12.8 Å². The van der Waals surface area contributed by atoms with Crippen LogP contribution in [0.25, 0.3) is 0 Å². The average molecular weight is 589 g/mol. The first-order chi connectivity index (χ1) is 16.5. The van der Waals surface area contributed by atoms with E-state index < -0.39 is 19.9 Å². The van der Waals surface area contributed by atoms with E-state index in [4.69, 9.17) is 0 Å². The van der Waals surface area contributed by atoms with Gasteiger partial charge in [0.25, 0.3) is 0 Å². The van der Waals surface area contributed by atoms with Gasteiger partial charge in [0.05, 0.1) is 0 Å². The molecule has 0 aromatic rings. The van der Waals surface area contributed by atoms with E-state index in [0.29, 0.717) is 5.36 Å². The molecule has 0 rings (SSSR count). The molecule has 0 aliphatic heterocycles. The molecule has 0 N–H and O–H groups in total. The number of hydrogen-bond acceptors (Lipinski definition) is 4. The van der Waals surface area contributed by atoms with E-state index in [-0.39, 0.29) is 23.2 Å². The fourth-order valence-corrected chi connectivity index (χ4v) is 4.69. The summed E-state index contributed by atoms with van der Waals surface area (Å²) < 4.78 is 20.6. The molecular weight excluding hydrogens is 530 g/mol. The van der Waals surface area contributed by atoms with Crippen LogP contribution in [-0.4, -0.2) is 5.97 Å². The van der Waals surface area contributed by atoms with Gasteiger partial charge in [0.1, 0.15) is 0 Å². The van der Waals surface area contributed by atoms with Crippen molar-refractivity contribution in [3.8, 4) is 0 Å². The van der Waals surface area contributed by atoms with Crippen LogP contribution in [-0.2, 0) is 39.4 Å². The maximum absolute atomic E-state index is 10.3. The second kappa shape index (κ2) is 36.4. The van der Waals surface area contributed by atoms with Crippen LogP contribution in [0.4, 0.5) is 0 Å². The predicted molar refractivity (Wildman–Crippen MR) is 137 cm³/mol. The molecule has 0 aliphatic rings. The van der Waals surface area contributed by atoms with Crippen molar-refractivity contribution in [3.63, 3.8) is 0 Å². The Labute approximate surface area is 233 Å². The summed E-state index contributed by atoms with van der Waals surface area (Å²) in [5, 5.41) is 10.6. The van der Waals surface area contributed by atoms with Gasteiger partial charge in [-0.15, -0.1) is 0 Å². The van der Waals surface area contributed by atoms with Gasteiger partial charge in [-0.2, -0.15) is 0 Å². The Bertz CT molecular complexity index is 419. The summed E-state index contributed by atoms with van der Waals surface area (Å²) in [4.78, 5) is 10.2. The second-order valence-corrected chi connectivity index (χ2v) is 11.1. The molecule has 0 aliphatic carbocycles. The molecule has 1 radical (unpaired) electrons. The first kappa shape index (κ1) is 39.8. The summed E-state index contributed by atoms with van der Waals surface area (Å²) in [6.07, 6.45) is 30.9. The maximum atomic E-state index is 10.3. The van der Waals surface area contributed by atoms with Crippen molar-refractivity contribution in [2.24, 2.45) is 0 Å². The zero-order valence-electron chi connectivity index (χ0n) is 23.2. The van der Waals surface area contributed by atoms with Gasteiger partial charge < -0.3 is 9.90 Å². The molecule has 0 bridgehead atoms. The van der Waals surface area contributed by atoms with E-state index in [2.05, 4.69) is 13.8 Å². The summed E-state index contributed by atoms with van der Waals surface area (Å²) in [6.45, 7) is 4.50. The number of carboxylic acid groups (broad SMARTS) is 1. The molecule has 6 heteroatoms. The van der Waals surface area contributed by atoms with Gasteiger partial charge in [0.2, 0.25) is 0 Å². The van der Waals surface area contributed by atoms with Crippen molar-refractivity contribution in [3.05, 3.63) is 0 Å².